The van der Waals surface area contributed by atoms with Crippen molar-refractivity contribution >= 4 is 45.3 Å². The summed E-state index contributed by atoms with van der Waals surface area (Å²) in [4.78, 5) is 23.7. The second kappa shape index (κ2) is 7.40. The maximum Gasteiger partial charge on any atom is 0.263 e. The summed E-state index contributed by atoms with van der Waals surface area (Å²) in [5.41, 5.74) is 6.70. The van der Waals surface area contributed by atoms with E-state index in [1.165, 1.54) is 22.2 Å². The molecule has 1 saturated carbocycles. The van der Waals surface area contributed by atoms with Crippen LogP contribution in [0.4, 0.5) is 0 Å². The van der Waals surface area contributed by atoms with E-state index < -0.39 is 5.54 Å². The van der Waals surface area contributed by atoms with Crippen LogP contribution < -0.4 is 11.3 Å². The molecule has 0 bridgehead atoms. The molecule has 4 aromatic rings. The molecule has 0 aliphatic heterocycles. The van der Waals surface area contributed by atoms with E-state index in [1.54, 1.807) is 11.3 Å². The SMILES string of the molecule is Cl.NC1(c2noc(Cn3cnc4scc(-c5cccs5)c4c3=O)n2)CCCC1. The van der Waals surface area contributed by atoms with Gasteiger partial charge in [-0.25, -0.2) is 4.98 Å². The van der Waals surface area contributed by atoms with Gasteiger partial charge in [0.25, 0.3) is 5.56 Å². The van der Waals surface area contributed by atoms with Gasteiger partial charge >= 0.3 is 0 Å². The van der Waals surface area contributed by atoms with Crippen molar-refractivity contribution in [2.45, 2.75) is 37.8 Å². The molecule has 10 heteroatoms. The zero-order chi connectivity index (χ0) is 18.4. The van der Waals surface area contributed by atoms with Crippen molar-refractivity contribution in [3.63, 3.8) is 0 Å². The van der Waals surface area contributed by atoms with Gasteiger partial charge in [-0.05, 0) is 24.3 Å². The van der Waals surface area contributed by atoms with Crippen LogP contribution in [0.25, 0.3) is 20.7 Å². The molecule has 7 nitrogen and oxygen atoms in total. The highest BCUT2D eigenvalue weighted by molar-refractivity contribution is 7.18. The van der Waals surface area contributed by atoms with Crippen molar-refractivity contribution in [2.24, 2.45) is 5.73 Å². The van der Waals surface area contributed by atoms with Crippen LogP contribution in [0.1, 0.15) is 37.4 Å². The van der Waals surface area contributed by atoms with Gasteiger partial charge in [0, 0.05) is 15.8 Å². The van der Waals surface area contributed by atoms with Crippen molar-refractivity contribution < 1.29 is 4.52 Å². The summed E-state index contributed by atoms with van der Waals surface area (Å²) >= 11 is 3.08. The number of halogens is 1. The van der Waals surface area contributed by atoms with Gasteiger partial charge in [0.1, 0.15) is 11.4 Å². The Morgan fingerprint density at radius 3 is 2.86 bits per heavy atom. The van der Waals surface area contributed by atoms with Crippen molar-refractivity contribution in [3.05, 3.63) is 51.3 Å². The van der Waals surface area contributed by atoms with E-state index in [2.05, 4.69) is 15.1 Å². The fraction of sp³-hybridized carbons (Fsp3) is 0.333. The molecule has 2 N–H and O–H groups in total. The predicted octanol–water partition coefficient (Wildman–Crippen LogP) is 3.77. The molecule has 4 aromatic heterocycles. The molecule has 0 spiro atoms. The molecule has 146 valence electrons. The highest BCUT2D eigenvalue weighted by Crippen LogP contribution is 2.35. The molecule has 1 aliphatic carbocycles. The van der Waals surface area contributed by atoms with Crippen LogP contribution in [0.5, 0.6) is 0 Å². The second-order valence-corrected chi connectivity index (χ2v) is 8.67. The minimum atomic E-state index is -0.505. The summed E-state index contributed by atoms with van der Waals surface area (Å²) in [5, 5.41) is 8.68. The van der Waals surface area contributed by atoms with Crippen LogP contribution in [-0.2, 0) is 12.1 Å². The van der Waals surface area contributed by atoms with Crippen LogP contribution in [-0.4, -0.2) is 19.7 Å². The molecular formula is C18H18ClN5O2S2. The van der Waals surface area contributed by atoms with E-state index in [-0.39, 0.29) is 24.5 Å². The lowest BCUT2D eigenvalue weighted by Gasteiger charge is -2.17. The Morgan fingerprint density at radius 2 is 2.11 bits per heavy atom. The summed E-state index contributed by atoms with van der Waals surface area (Å²) in [6.07, 6.45) is 5.40. The molecule has 5 rings (SSSR count). The summed E-state index contributed by atoms with van der Waals surface area (Å²) in [6.45, 7) is 0.185. The molecule has 0 unspecified atom stereocenters. The summed E-state index contributed by atoms with van der Waals surface area (Å²) in [6, 6.07) is 3.99. The van der Waals surface area contributed by atoms with Gasteiger partial charge in [0.2, 0.25) is 5.89 Å². The second-order valence-electron chi connectivity index (χ2n) is 6.86. The number of fused-ring (bicyclic) bond motifs is 1. The first-order valence-corrected chi connectivity index (χ1v) is 10.5. The lowest BCUT2D eigenvalue weighted by molar-refractivity contribution is 0.343. The van der Waals surface area contributed by atoms with E-state index in [0.29, 0.717) is 17.1 Å². The monoisotopic (exact) mass is 435 g/mol. The number of nitrogens with zero attached hydrogens (tertiary/aromatic N) is 4. The van der Waals surface area contributed by atoms with Crippen molar-refractivity contribution in [1.82, 2.24) is 19.7 Å². The molecule has 0 saturated heterocycles. The van der Waals surface area contributed by atoms with E-state index in [1.807, 2.05) is 22.9 Å². The Bertz CT molecular complexity index is 1160. The van der Waals surface area contributed by atoms with Gasteiger partial charge in [-0.15, -0.1) is 35.1 Å². The number of aromatic nitrogens is 4. The predicted molar refractivity (Wildman–Crippen MR) is 112 cm³/mol. The average Bonchev–Trinajstić information content (AvgIpc) is 3.44. The van der Waals surface area contributed by atoms with Gasteiger partial charge in [-0.2, -0.15) is 4.98 Å². The van der Waals surface area contributed by atoms with Gasteiger partial charge in [0.15, 0.2) is 5.82 Å². The van der Waals surface area contributed by atoms with Crippen molar-refractivity contribution in [2.75, 3.05) is 0 Å². The number of hydrogen-bond donors (Lipinski definition) is 1. The molecule has 28 heavy (non-hydrogen) atoms. The normalized spacial score (nSPS) is 15.8. The lowest BCUT2D eigenvalue weighted by atomic mass is 9.99. The van der Waals surface area contributed by atoms with Crippen LogP contribution >= 0.6 is 35.1 Å². The van der Waals surface area contributed by atoms with E-state index in [4.69, 9.17) is 10.3 Å². The molecular weight excluding hydrogens is 418 g/mol. The van der Waals surface area contributed by atoms with Crippen LogP contribution in [0.2, 0.25) is 0 Å². The van der Waals surface area contributed by atoms with Crippen molar-refractivity contribution in [3.8, 4) is 10.4 Å². The maximum absolute atomic E-state index is 13.1. The highest BCUT2D eigenvalue weighted by atomic mass is 35.5. The van der Waals surface area contributed by atoms with Gasteiger partial charge < -0.3 is 10.3 Å². The molecule has 0 aromatic carbocycles. The Hall–Kier alpha value is -2.07. The Labute approximate surface area is 174 Å². The minimum absolute atomic E-state index is 0. The number of nitrogens with two attached hydrogens (primary N) is 1. The Kier molecular flexibility index (Phi) is 5.09. The number of thiophene rings is 2. The molecule has 1 aliphatic rings. The molecule has 4 heterocycles. The third-order valence-electron chi connectivity index (χ3n) is 5.06. The van der Waals surface area contributed by atoms with Crippen LogP contribution in [0.15, 0.2) is 38.5 Å². The highest BCUT2D eigenvalue weighted by Gasteiger charge is 2.36. The maximum atomic E-state index is 13.1. The van der Waals surface area contributed by atoms with E-state index in [9.17, 15) is 4.79 Å². The van der Waals surface area contributed by atoms with Crippen molar-refractivity contribution in [1.29, 1.82) is 0 Å². The first kappa shape index (κ1) is 19.3. The lowest BCUT2D eigenvalue weighted by Crippen LogP contribution is -2.34. The van der Waals surface area contributed by atoms with E-state index >= 15 is 0 Å². The fourth-order valence-electron chi connectivity index (χ4n) is 3.59. The number of rotatable bonds is 4. The molecule has 0 atom stereocenters. The standard InChI is InChI=1S/C18H17N5O2S2.ClH/c19-18(5-1-2-6-18)17-21-13(25-22-17)8-23-10-20-15-14(16(23)24)11(9-27-15)12-4-3-7-26-12;/h3-4,7,9-10H,1-2,5-6,8,19H2;1H. The Balaban J connectivity index is 0.00000192. The van der Waals surface area contributed by atoms with Gasteiger partial charge in [-0.1, -0.05) is 24.1 Å². The molecule has 0 amide bonds. The number of hydrogen-bond acceptors (Lipinski definition) is 8. The zero-order valence-corrected chi connectivity index (χ0v) is 17.3. The third kappa shape index (κ3) is 3.18. The van der Waals surface area contributed by atoms with Crippen LogP contribution in [0, 0.1) is 0 Å². The van der Waals surface area contributed by atoms with E-state index in [0.717, 1.165) is 41.0 Å². The summed E-state index contributed by atoms with van der Waals surface area (Å²) < 4.78 is 6.89. The fourth-order valence-corrected chi connectivity index (χ4v) is 5.31. The summed E-state index contributed by atoms with van der Waals surface area (Å²) in [5.74, 6) is 0.907. The summed E-state index contributed by atoms with van der Waals surface area (Å²) in [7, 11) is 0. The first-order chi connectivity index (χ1) is 13.1. The molecule has 1 fully saturated rings. The zero-order valence-electron chi connectivity index (χ0n) is 14.8. The Morgan fingerprint density at radius 1 is 1.29 bits per heavy atom. The van der Waals surface area contributed by atoms with Gasteiger partial charge in [-0.3, -0.25) is 9.36 Å². The molecule has 0 radical (unpaired) electrons. The average molecular weight is 436 g/mol. The third-order valence-corrected chi connectivity index (χ3v) is 6.85. The van der Waals surface area contributed by atoms with Gasteiger partial charge in [0.05, 0.1) is 17.3 Å². The van der Waals surface area contributed by atoms with Crippen LogP contribution in [0.3, 0.4) is 0 Å². The largest absolute Gasteiger partial charge is 0.337 e. The first-order valence-electron chi connectivity index (χ1n) is 8.76. The minimum Gasteiger partial charge on any atom is -0.337 e. The smallest absolute Gasteiger partial charge is 0.263 e. The topological polar surface area (TPSA) is 99.8 Å². The quantitative estimate of drug-likeness (QED) is 0.523.